The number of anilines is 1. The van der Waals surface area contributed by atoms with E-state index in [9.17, 15) is 9.59 Å². The summed E-state index contributed by atoms with van der Waals surface area (Å²) < 4.78 is 0. The maximum Gasteiger partial charge on any atom is 0.241 e. The van der Waals surface area contributed by atoms with Crippen LogP contribution in [0.4, 0.5) is 5.69 Å². The third kappa shape index (κ3) is 6.34. The molecule has 0 bridgehead atoms. The Morgan fingerprint density at radius 3 is 2.72 bits per heavy atom. The van der Waals surface area contributed by atoms with E-state index in [1.807, 2.05) is 30.5 Å². The highest BCUT2D eigenvalue weighted by molar-refractivity contribution is 7.98. The van der Waals surface area contributed by atoms with Crippen molar-refractivity contribution in [3.63, 3.8) is 0 Å². The summed E-state index contributed by atoms with van der Waals surface area (Å²) in [7, 11) is 0. The predicted octanol–water partition coefficient (Wildman–Crippen LogP) is 1.40. The molecule has 25 heavy (non-hydrogen) atoms. The standard InChI is InChI=1S/C18H28N4O2S/c1-25-10-8-16(19)18(24)21-15-6-4-13(5-7-15)11-22-9-2-3-14(12-22)17(20)23/h4-7,14,16H,2-3,8-12,19H2,1H3,(H2,20,23)(H,21,24)/t14?,16-/m0/s1. The molecule has 6 nitrogen and oxygen atoms in total. The number of hydrogen-bond acceptors (Lipinski definition) is 5. The van der Waals surface area contributed by atoms with Crippen LogP contribution in [0, 0.1) is 5.92 Å². The molecule has 1 aliphatic heterocycles. The van der Waals surface area contributed by atoms with Crippen molar-refractivity contribution in [1.29, 1.82) is 0 Å². The molecule has 1 aromatic rings. The van der Waals surface area contributed by atoms with Crippen LogP contribution in [0.2, 0.25) is 0 Å². The first-order chi connectivity index (χ1) is 12.0. The van der Waals surface area contributed by atoms with Crippen LogP contribution in [0.15, 0.2) is 24.3 Å². The fourth-order valence-electron chi connectivity index (χ4n) is 2.99. The Balaban J connectivity index is 1.85. The molecule has 5 N–H and O–H groups in total. The van der Waals surface area contributed by atoms with Gasteiger partial charge in [-0.3, -0.25) is 14.5 Å². The van der Waals surface area contributed by atoms with Crippen LogP contribution in [0.1, 0.15) is 24.8 Å². The van der Waals surface area contributed by atoms with Crippen molar-refractivity contribution < 1.29 is 9.59 Å². The summed E-state index contributed by atoms with van der Waals surface area (Å²) in [5.74, 6) is 0.466. The number of primary amides is 1. The first kappa shape index (κ1) is 19.8. The molecule has 1 saturated heterocycles. The first-order valence-corrected chi connectivity index (χ1v) is 10.0. The third-order valence-electron chi connectivity index (χ3n) is 4.51. The SMILES string of the molecule is CSCC[C@H](N)C(=O)Nc1ccc(CN2CCCC(C(N)=O)C2)cc1. The molecule has 0 aliphatic carbocycles. The summed E-state index contributed by atoms with van der Waals surface area (Å²) in [6.45, 7) is 2.48. The molecule has 138 valence electrons. The Labute approximate surface area is 153 Å². The van der Waals surface area contributed by atoms with Gasteiger partial charge in [0, 0.05) is 18.8 Å². The van der Waals surface area contributed by atoms with E-state index in [0.717, 1.165) is 49.5 Å². The van der Waals surface area contributed by atoms with E-state index in [1.54, 1.807) is 11.8 Å². The number of likely N-dealkylation sites (tertiary alicyclic amines) is 1. The zero-order valence-electron chi connectivity index (χ0n) is 14.7. The van der Waals surface area contributed by atoms with E-state index < -0.39 is 6.04 Å². The lowest BCUT2D eigenvalue weighted by Gasteiger charge is -2.31. The molecule has 1 unspecified atom stereocenters. The number of hydrogen-bond donors (Lipinski definition) is 3. The monoisotopic (exact) mass is 364 g/mol. The zero-order chi connectivity index (χ0) is 18.2. The van der Waals surface area contributed by atoms with Gasteiger partial charge >= 0.3 is 0 Å². The summed E-state index contributed by atoms with van der Waals surface area (Å²) in [6, 6.07) is 7.30. The quantitative estimate of drug-likeness (QED) is 0.647. The molecule has 0 aromatic heterocycles. The Hall–Kier alpha value is -1.57. The van der Waals surface area contributed by atoms with Gasteiger partial charge in [-0.15, -0.1) is 0 Å². The largest absolute Gasteiger partial charge is 0.369 e. The Kier molecular flexibility index (Phi) is 7.74. The van der Waals surface area contributed by atoms with Gasteiger partial charge in [0.1, 0.15) is 0 Å². The van der Waals surface area contributed by atoms with E-state index in [1.165, 1.54) is 0 Å². The molecule has 2 atom stereocenters. The molecular formula is C18H28N4O2S. The van der Waals surface area contributed by atoms with Crippen LogP contribution in [-0.4, -0.2) is 47.9 Å². The normalized spacial score (nSPS) is 19.4. The van der Waals surface area contributed by atoms with E-state index >= 15 is 0 Å². The molecule has 1 fully saturated rings. The summed E-state index contributed by atoms with van der Waals surface area (Å²) in [6.07, 6.45) is 4.54. The van der Waals surface area contributed by atoms with Crippen LogP contribution in [0.25, 0.3) is 0 Å². The van der Waals surface area contributed by atoms with Crippen molar-refractivity contribution in [1.82, 2.24) is 4.90 Å². The first-order valence-electron chi connectivity index (χ1n) is 8.65. The van der Waals surface area contributed by atoms with Crippen LogP contribution in [0.5, 0.6) is 0 Å². The Bertz CT molecular complexity index is 579. The van der Waals surface area contributed by atoms with Crippen molar-refractivity contribution in [3.05, 3.63) is 29.8 Å². The number of nitrogens with zero attached hydrogens (tertiary/aromatic N) is 1. The van der Waals surface area contributed by atoms with E-state index in [4.69, 9.17) is 11.5 Å². The fraction of sp³-hybridized carbons (Fsp3) is 0.556. The number of thioether (sulfide) groups is 1. The van der Waals surface area contributed by atoms with E-state index in [0.29, 0.717) is 6.42 Å². The smallest absolute Gasteiger partial charge is 0.241 e. The topological polar surface area (TPSA) is 101 Å². The second-order valence-electron chi connectivity index (χ2n) is 6.55. The van der Waals surface area contributed by atoms with Gasteiger partial charge in [-0.1, -0.05) is 12.1 Å². The third-order valence-corrected chi connectivity index (χ3v) is 5.15. The van der Waals surface area contributed by atoms with Crippen molar-refractivity contribution in [2.45, 2.75) is 31.8 Å². The molecule has 2 rings (SSSR count). The molecule has 0 radical (unpaired) electrons. The summed E-state index contributed by atoms with van der Waals surface area (Å²) >= 11 is 1.68. The minimum absolute atomic E-state index is 0.0462. The van der Waals surface area contributed by atoms with Gasteiger partial charge in [-0.05, 0) is 55.5 Å². The Morgan fingerprint density at radius 1 is 1.36 bits per heavy atom. The molecule has 7 heteroatoms. The van der Waals surface area contributed by atoms with Crippen molar-refractivity contribution in [2.75, 3.05) is 30.4 Å². The Morgan fingerprint density at radius 2 is 2.08 bits per heavy atom. The van der Waals surface area contributed by atoms with Gasteiger partial charge in [-0.25, -0.2) is 0 Å². The lowest BCUT2D eigenvalue weighted by molar-refractivity contribution is -0.123. The maximum atomic E-state index is 12.0. The zero-order valence-corrected chi connectivity index (χ0v) is 15.6. The molecule has 0 spiro atoms. The number of rotatable bonds is 8. The van der Waals surface area contributed by atoms with Gasteiger partial charge in [0.25, 0.3) is 0 Å². The minimum Gasteiger partial charge on any atom is -0.369 e. The highest BCUT2D eigenvalue weighted by Gasteiger charge is 2.23. The number of carbonyl (C=O) groups excluding carboxylic acids is 2. The molecule has 1 aromatic carbocycles. The summed E-state index contributed by atoms with van der Waals surface area (Å²) in [4.78, 5) is 25.6. The number of carbonyl (C=O) groups is 2. The number of nitrogens with one attached hydrogen (secondary N) is 1. The summed E-state index contributed by atoms with van der Waals surface area (Å²) in [5.41, 5.74) is 13.2. The highest BCUT2D eigenvalue weighted by atomic mass is 32.2. The fourth-order valence-corrected chi connectivity index (χ4v) is 3.48. The van der Waals surface area contributed by atoms with Gasteiger partial charge in [0.2, 0.25) is 11.8 Å². The average Bonchev–Trinajstić information content (AvgIpc) is 2.61. The molecule has 1 heterocycles. The highest BCUT2D eigenvalue weighted by Crippen LogP contribution is 2.19. The lowest BCUT2D eigenvalue weighted by atomic mass is 9.97. The number of benzene rings is 1. The van der Waals surface area contributed by atoms with Crippen molar-refractivity contribution in [2.24, 2.45) is 17.4 Å². The van der Waals surface area contributed by atoms with Gasteiger partial charge in [-0.2, -0.15) is 11.8 Å². The van der Waals surface area contributed by atoms with Crippen LogP contribution < -0.4 is 16.8 Å². The van der Waals surface area contributed by atoms with Gasteiger partial charge in [0.15, 0.2) is 0 Å². The van der Waals surface area contributed by atoms with E-state index in [-0.39, 0.29) is 17.7 Å². The predicted molar refractivity (Wildman–Crippen MR) is 103 cm³/mol. The molecule has 1 aliphatic rings. The number of piperidine rings is 1. The average molecular weight is 365 g/mol. The van der Waals surface area contributed by atoms with Crippen molar-refractivity contribution in [3.8, 4) is 0 Å². The molecule has 0 saturated carbocycles. The number of nitrogens with two attached hydrogens (primary N) is 2. The second-order valence-corrected chi connectivity index (χ2v) is 7.54. The second kappa shape index (κ2) is 9.79. The van der Waals surface area contributed by atoms with Gasteiger partial charge < -0.3 is 16.8 Å². The van der Waals surface area contributed by atoms with Crippen LogP contribution in [-0.2, 0) is 16.1 Å². The maximum absolute atomic E-state index is 12.0. The number of amides is 2. The van der Waals surface area contributed by atoms with Crippen molar-refractivity contribution >= 4 is 29.3 Å². The van der Waals surface area contributed by atoms with E-state index in [2.05, 4.69) is 10.2 Å². The molecular weight excluding hydrogens is 336 g/mol. The van der Waals surface area contributed by atoms with Gasteiger partial charge in [0.05, 0.1) is 12.0 Å². The van der Waals surface area contributed by atoms with Crippen LogP contribution >= 0.6 is 11.8 Å². The summed E-state index contributed by atoms with van der Waals surface area (Å²) in [5, 5.41) is 2.86. The van der Waals surface area contributed by atoms with Crippen LogP contribution in [0.3, 0.4) is 0 Å². The lowest BCUT2D eigenvalue weighted by Crippen LogP contribution is -2.40. The minimum atomic E-state index is -0.480. The molecule has 2 amide bonds.